The lowest BCUT2D eigenvalue weighted by molar-refractivity contribution is -0.385. The highest BCUT2D eigenvalue weighted by atomic mass is 16.6. The third-order valence-electron chi connectivity index (χ3n) is 2.75. The number of nitro groups is 1. The SMILES string of the molecule is CN1CC=C(c2ccncc2[N+](=O)[O-])CC1. The van der Waals surface area contributed by atoms with E-state index in [1.54, 1.807) is 12.3 Å². The minimum atomic E-state index is -0.374. The maximum absolute atomic E-state index is 10.9. The Morgan fingerprint density at radius 3 is 3.00 bits per heavy atom. The fourth-order valence-corrected chi connectivity index (χ4v) is 1.82. The van der Waals surface area contributed by atoms with Crippen molar-refractivity contribution >= 4 is 11.3 Å². The van der Waals surface area contributed by atoms with E-state index in [0.717, 1.165) is 25.1 Å². The van der Waals surface area contributed by atoms with E-state index in [-0.39, 0.29) is 10.6 Å². The molecule has 0 saturated carbocycles. The van der Waals surface area contributed by atoms with Crippen LogP contribution in [0.4, 0.5) is 5.69 Å². The molecule has 2 heterocycles. The van der Waals surface area contributed by atoms with Gasteiger partial charge in [-0.15, -0.1) is 0 Å². The van der Waals surface area contributed by atoms with Gasteiger partial charge in [0.1, 0.15) is 6.20 Å². The van der Waals surface area contributed by atoms with Gasteiger partial charge in [0.2, 0.25) is 0 Å². The van der Waals surface area contributed by atoms with Crippen LogP contribution in [0, 0.1) is 10.1 Å². The van der Waals surface area contributed by atoms with E-state index in [1.165, 1.54) is 6.20 Å². The van der Waals surface area contributed by atoms with Crippen molar-refractivity contribution in [3.05, 3.63) is 40.2 Å². The Hall–Kier alpha value is -1.75. The molecule has 0 aliphatic carbocycles. The van der Waals surface area contributed by atoms with E-state index in [1.807, 2.05) is 13.1 Å². The highest BCUT2D eigenvalue weighted by molar-refractivity contribution is 5.72. The molecule has 0 unspecified atom stereocenters. The highest BCUT2D eigenvalue weighted by Gasteiger charge is 2.18. The number of hydrogen-bond acceptors (Lipinski definition) is 4. The molecule has 5 nitrogen and oxygen atoms in total. The second-order valence-corrected chi connectivity index (χ2v) is 3.89. The van der Waals surface area contributed by atoms with Crippen LogP contribution in [0.1, 0.15) is 12.0 Å². The van der Waals surface area contributed by atoms with Gasteiger partial charge in [0.25, 0.3) is 5.69 Å². The molecule has 2 rings (SSSR count). The predicted molar refractivity (Wildman–Crippen MR) is 61.0 cm³/mol. The van der Waals surface area contributed by atoms with Gasteiger partial charge in [0, 0.05) is 19.3 Å². The van der Waals surface area contributed by atoms with E-state index in [2.05, 4.69) is 9.88 Å². The topological polar surface area (TPSA) is 59.3 Å². The summed E-state index contributed by atoms with van der Waals surface area (Å²) < 4.78 is 0. The lowest BCUT2D eigenvalue weighted by Gasteiger charge is -2.21. The Morgan fingerprint density at radius 1 is 1.56 bits per heavy atom. The minimum Gasteiger partial charge on any atom is -0.302 e. The number of hydrogen-bond donors (Lipinski definition) is 0. The van der Waals surface area contributed by atoms with E-state index >= 15 is 0 Å². The number of likely N-dealkylation sites (N-methyl/N-ethyl adjacent to an activating group) is 1. The molecule has 0 N–H and O–H groups in total. The normalized spacial score (nSPS) is 16.9. The third-order valence-corrected chi connectivity index (χ3v) is 2.75. The zero-order valence-corrected chi connectivity index (χ0v) is 9.09. The highest BCUT2D eigenvalue weighted by Crippen LogP contribution is 2.28. The molecule has 0 radical (unpaired) electrons. The molecule has 0 atom stereocenters. The lowest BCUT2D eigenvalue weighted by Crippen LogP contribution is -2.23. The molecular weight excluding hydrogens is 206 g/mol. The Morgan fingerprint density at radius 2 is 2.38 bits per heavy atom. The average molecular weight is 219 g/mol. The van der Waals surface area contributed by atoms with Crippen LogP contribution in [0.2, 0.25) is 0 Å². The molecule has 0 spiro atoms. The largest absolute Gasteiger partial charge is 0.302 e. The Labute approximate surface area is 93.6 Å². The Kier molecular flexibility index (Phi) is 2.96. The van der Waals surface area contributed by atoms with Crippen molar-refractivity contribution < 1.29 is 4.92 Å². The number of pyridine rings is 1. The molecule has 1 aliphatic rings. The van der Waals surface area contributed by atoms with Gasteiger partial charge in [-0.2, -0.15) is 0 Å². The molecule has 84 valence electrons. The van der Waals surface area contributed by atoms with E-state index < -0.39 is 0 Å². The average Bonchev–Trinajstić information content (AvgIpc) is 2.30. The fourth-order valence-electron chi connectivity index (χ4n) is 1.82. The summed E-state index contributed by atoms with van der Waals surface area (Å²) in [6, 6.07) is 1.72. The van der Waals surface area contributed by atoms with Crippen LogP contribution in [0.25, 0.3) is 5.57 Å². The molecule has 1 aromatic rings. The van der Waals surface area contributed by atoms with Gasteiger partial charge in [-0.1, -0.05) is 6.08 Å². The molecule has 1 aliphatic heterocycles. The maximum atomic E-state index is 10.9. The van der Waals surface area contributed by atoms with Crippen LogP contribution in [-0.2, 0) is 0 Å². The Balaban J connectivity index is 2.37. The number of nitrogens with zero attached hydrogens (tertiary/aromatic N) is 3. The summed E-state index contributed by atoms with van der Waals surface area (Å²) in [5, 5.41) is 10.9. The van der Waals surface area contributed by atoms with Crippen LogP contribution in [0.5, 0.6) is 0 Å². The predicted octanol–water partition coefficient (Wildman–Crippen LogP) is 1.71. The van der Waals surface area contributed by atoms with Crippen LogP contribution < -0.4 is 0 Å². The van der Waals surface area contributed by atoms with Crippen molar-refractivity contribution in [1.29, 1.82) is 0 Å². The van der Waals surface area contributed by atoms with Crippen LogP contribution in [0.15, 0.2) is 24.5 Å². The molecule has 16 heavy (non-hydrogen) atoms. The summed E-state index contributed by atoms with van der Waals surface area (Å²) in [7, 11) is 2.04. The minimum absolute atomic E-state index is 0.0957. The van der Waals surface area contributed by atoms with Gasteiger partial charge in [-0.25, -0.2) is 0 Å². The zero-order chi connectivity index (χ0) is 11.5. The molecular formula is C11H13N3O2. The van der Waals surface area contributed by atoms with Gasteiger partial charge in [-0.05, 0) is 25.1 Å². The summed E-state index contributed by atoms with van der Waals surface area (Å²) in [6.07, 6.45) is 5.81. The first-order valence-electron chi connectivity index (χ1n) is 5.15. The van der Waals surface area contributed by atoms with Crippen molar-refractivity contribution in [2.75, 3.05) is 20.1 Å². The van der Waals surface area contributed by atoms with E-state index in [0.29, 0.717) is 5.56 Å². The summed E-state index contributed by atoms with van der Waals surface area (Å²) >= 11 is 0. The van der Waals surface area contributed by atoms with Gasteiger partial charge in [0.05, 0.1) is 10.5 Å². The lowest BCUT2D eigenvalue weighted by atomic mass is 9.99. The quantitative estimate of drug-likeness (QED) is 0.561. The maximum Gasteiger partial charge on any atom is 0.294 e. The van der Waals surface area contributed by atoms with Crippen molar-refractivity contribution in [3.63, 3.8) is 0 Å². The van der Waals surface area contributed by atoms with Crippen molar-refractivity contribution in [1.82, 2.24) is 9.88 Å². The van der Waals surface area contributed by atoms with E-state index in [9.17, 15) is 10.1 Å². The monoisotopic (exact) mass is 219 g/mol. The van der Waals surface area contributed by atoms with E-state index in [4.69, 9.17) is 0 Å². The second kappa shape index (κ2) is 4.40. The number of rotatable bonds is 2. The van der Waals surface area contributed by atoms with Crippen LogP contribution in [0.3, 0.4) is 0 Å². The van der Waals surface area contributed by atoms with Crippen molar-refractivity contribution in [2.45, 2.75) is 6.42 Å². The number of aromatic nitrogens is 1. The first kappa shape index (κ1) is 10.8. The molecule has 0 saturated heterocycles. The molecule has 1 aromatic heterocycles. The second-order valence-electron chi connectivity index (χ2n) is 3.89. The van der Waals surface area contributed by atoms with Crippen LogP contribution >= 0.6 is 0 Å². The molecule has 5 heteroatoms. The fraction of sp³-hybridized carbons (Fsp3) is 0.364. The molecule has 0 aromatic carbocycles. The van der Waals surface area contributed by atoms with Crippen LogP contribution in [-0.4, -0.2) is 34.9 Å². The van der Waals surface area contributed by atoms with Gasteiger partial charge < -0.3 is 4.90 Å². The third kappa shape index (κ3) is 2.09. The standard InChI is InChI=1S/C11H13N3O2/c1-13-6-3-9(4-7-13)10-2-5-12-8-11(10)14(15)16/h2-3,5,8H,4,6-7H2,1H3. The molecule has 0 bridgehead atoms. The Bertz CT molecular complexity index is 443. The van der Waals surface area contributed by atoms with Gasteiger partial charge >= 0.3 is 0 Å². The zero-order valence-electron chi connectivity index (χ0n) is 9.09. The summed E-state index contributed by atoms with van der Waals surface area (Å²) in [5.41, 5.74) is 1.85. The first-order chi connectivity index (χ1) is 7.68. The van der Waals surface area contributed by atoms with Gasteiger partial charge in [-0.3, -0.25) is 15.1 Å². The summed E-state index contributed by atoms with van der Waals surface area (Å²) in [5.74, 6) is 0. The van der Waals surface area contributed by atoms with Gasteiger partial charge in [0.15, 0.2) is 0 Å². The smallest absolute Gasteiger partial charge is 0.294 e. The summed E-state index contributed by atoms with van der Waals surface area (Å²) in [4.78, 5) is 16.5. The van der Waals surface area contributed by atoms with Crippen molar-refractivity contribution in [3.8, 4) is 0 Å². The first-order valence-corrected chi connectivity index (χ1v) is 5.15. The van der Waals surface area contributed by atoms with Crippen molar-refractivity contribution in [2.24, 2.45) is 0 Å². The summed E-state index contributed by atoms with van der Waals surface area (Å²) in [6.45, 7) is 1.78. The molecule has 0 fully saturated rings. The molecule has 0 amide bonds.